The summed E-state index contributed by atoms with van der Waals surface area (Å²) in [7, 11) is 0. The predicted molar refractivity (Wildman–Crippen MR) is 67.6 cm³/mol. The smallest absolute Gasteiger partial charge is 0.140 e. The van der Waals surface area contributed by atoms with E-state index < -0.39 is 0 Å². The average molecular weight is 230 g/mol. The van der Waals surface area contributed by atoms with Gasteiger partial charge in [-0.3, -0.25) is 0 Å². The molecule has 0 amide bonds. The normalized spacial score (nSPS) is 21.5. The molecule has 1 fully saturated rings. The van der Waals surface area contributed by atoms with E-state index in [2.05, 4.69) is 22.5 Å². The minimum absolute atomic E-state index is 0.428. The van der Waals surface area contributed by atoms with Gasteiger partial charge in [0.2, 0.25) is 0 Å². The third kappa shape index (κ3) is 3.18. The van der Waals surface area contributed by atoms with Gasteiger partial charge in [-0.05, 0) is 50.9 Å². The third-order valence-corrected chi connectivity index (χ3v) is 3.31. The Hall–Kier alpha value is -1.60. The van der Waals surface area contributed by atoms with Crippen molar-refractivity contribution in [2.75, 3.05) is 18.4 Å². The Balaban J connectivity index is 1.92. The van der Waals surface area contributed by atoms with Gasteiger partial charge in [-0.25, -0.2) is 4.98 Å². The molecule has 1 aliphatic heterocycles. The number of hydrogen-bond acceptors (Lipinski definition) is 4. The number of nitrogens with one attached hydrogen (secondary N) is 2. The Morgan fingerprint density at radius 3 is 3.06 bits per heavy atom. The van der Waals surface area contributed by atoms with Gasteiger partial charge in [0, 0.05) is 6.04 Å². The predicted octanol–water partition coefficient (Wildman–Crippen LogP) is 1.75. The zero-order valence-electron chi connectivity index (χ0n) is 10.1. The van der Waals surface area contributed by atoms with E-state index in [-0.39, 0.29) is 0 Å². The Bertz CT molecular complexity index is 387. The number of piperidine rings is 1. The second kappa shape index (κ2) is 5.65. The number of anilines is 1. The number of aromatic nitrogens is 1. The Labute approximate surface area is 102 Å². The van der Waals surface area contributed by atoms with Crippen molar-refractivity contribution in [3.8, 4) is 6.07 Å². The van der Waals surface area contributed by atoms with Crippen LogP contribution in [0.1, 0.15) is 25.5 Å². The van der Waals surface area contributed by atoms with E-state index in [0.717, 1.165) is 18.8 Å². The van der Waals surface area contributed by atoms with Gasteiger partial charge in [0.05, 0.1) is 11.9 Å². The summed E-state index contributed by atoms with van der Waals surface area (Å²) in [6.45, 7) is 4.43. The average Bonchev–Trinajstić information content (AvgIpc) is 2.40. The Morgan fingerprint density at radius 1 is 1.59 bits per heavy atom. The van der Waals surface area contributed by atoms with Crippen LogP contribution in [0.15, 0.2) is 18.3 Å². The molecule has 2 N–H and O–H groups in total. The molecule has 2 heterocycles. The van der Waals surface area contributed by atoms with E-state index in [4.69, 9.17) is 5.26 Å². The standard InChI is InChI=1S/C13H18N4/c1-10(11-3-2-6-15-8-11)17-13-5-4-12(7-14)16-9-13/h4-5,9-11,15,17H,2-3,6,8H2,1H3. The molecule has 0 saturated carbocycles. The highest BCUT2D eigenvalue weighted by Crippen LogP contribution is 2.18. The largest absolute Gasteiger partial charge is 0.381 e. The molecule has 0 radical (unpaired) electrons. The Kier molecular flexibility index (Phi) is 3.94. The molecule has 0 aliphatic carbocycles. The summed E-state index contributed by atoms with van der Waals surface area (Å²) in [6, 6.07) is 6.11. The fourth-order valence-corrected chi connectivity index (χ4v) is 2.23. The molecule has 1 saturated heterocycles. The van der Waals surface area contributed by atoms with Crippen LogP contribution in [-0.2, 0) is 0 Å². The van der Waals surface area contributed by atoms with E-state index in [0.29, 0.717) is 17.7 Å². The molecular weight excluding hydrogens is 212 g/mol. The first kappa shape index (κ1) is 11.9. The number of rotatable bonds is 3. The van der Waals surface area contributed by atoms with Crippen LogP contribution in [-0.4, -0.2) is 24.1 Å². The molecule has 2 rings (SSSR count). The topological polar surface area (TPSA) is 60.7 Å². The SMILES string of the molecule is CC(Nc1ccc(C#N)nc1)C1CCCNC1. The maximum Gasteiger partial charge on any atom is 0.140 e. The molecule has 17 heavy (non-hydrogen) atoms. The van der Waals surface area contributed by atoms with Crippen LogP contribution >= 0.6 is 0 Å². The highest BCUT2D eigenvalue weighted by atomic mass is 15.0. The van der Waals surface area contributed by atoms with E-state index in [1.54, 1.807) is 12.3 Å². The van der Waals surface area contributed by atoms with Crippen molar-refractivity contribution in [1.29, 1.82) is 5.26 Å². The van der Waals surface area contributed by atoms with Gasteiger partial charge in [0.15, 0.2) is 0 Å². The Morgan fingerprint density at radius 2 is 2.47 bits per heavy atom. The van der Waals surface area contributed by atoms with Crippen molar-refractivity contribution < 1.29 is 0 Å². The summed E-state index contributed by atoms with van der Waals surface area (Å²) in [6.07, 6.45) is 4.25. The van der Waals surface area contributed by atoms with E-state index in [9.17, 15) is 0 Å². The third-order valence-electron chi connectivity index (χ3n) is 3.31. The molecule has 1 aromatic rings. The molecular formula is C13H18N4. The van der Waals surface area contributed by atoms with Gasteiger partial charge >= 0.3 is 0 Å². The van der Waals surface area contributed by atoms with Crippen molar-refractivity contribution in [2.24, 2.45) is 5.92 Å². The quantitative estimate of drug-likeness (QED) is 0.830. The van der Waals surface area contributed by atoms with Crippen LogP contribution in [0.5, 0.6) is 0 Å². The monoisotopic (exact) mass is 230 g/mol. The zero-order valence-corrected chi connectivity index (χ0v) is 10.1. The van der Waals surface area contributed by atoms with Crippen molar-refractivity contribution >= 4 is 5.69 Å². The maximum absolute atomic E-state index is 8.67. The first-order valence-corrected chi connectivity index (χ1v) is 6.13. The molecule has 0 spiro atoms. The van der Waals surface area contributed by atoms with Crippen LogP contribution in [0, 0.1) is 17.2 Å². The molecule has 1 aliphatic rings. The van der Waals surface area contributed by atoms with Crippen LogP contribution in [0.25, 0.3) is 0 Å². The van der Waals surface area contributed by atoms with Gasteiger partial charge in [0.1, 0.15) is 11.8 Å². The maximum atomic E-state index is 8.67. The highest BCUT2D eigenvalue weighted by molar-refractivity contribution is 5.43. The molecule has 2 unspecified atom stereocenters. The van der Waals surface area contributed by atoms with Crippen LogP contribution in [0.3, 0.4) is 0 Å². The van der Waals surface area contributed by atoms with Crippen LogP contribution in [0.2, 0.25) is 0 Å². The second-order valence-electron chi connectivity index (χ2n) is 4.58. The fraction of sp³-hybridized carbons (Fsp3) is 0.538. The lowest BCUT2D eigenvalue weighted by molar-refractivity contribution is 0.347. The number of hydrogen-bond donors (Lipinski definition) is 2. The molecule has 0 bridgehead atoms. The summed E-state index contributed by atoms with van der Waals surface area (Å²) in [5.41, 5.74) is 1.45. The first-order valence-electron chi connectivity index (χ1n) is 6.13. The minimum Gasteiger partial charge on any atom is -0.381 e. The summed E-state index contributed by atoms with van der Waals surface area (Å²) in [5, 5.41) is 15.5. The molecule has 4 heteroatoms. The molecule has 4 nitrogen and oxygen atoms in total. The van der Waals surface area contributed by atoms with Gasteiger partial charge in [-0.1, -0.05) is 0 Å². The number of pyridine rings is 1. The van der Waals surface area contributed by atoms with Crippen LogP contribution < -0.4 is 10.6 Å². The van der Waals surface area contributed by atoms with E-state index >= 15 is 0 Å². The lowest BCUT2D eigenvalue weighted by Gasteiger charge is -2.29. The number of nitrogens with zero attached hydrogens (tertiary/aromatic N) is 2. The summed E-state index contributed by atoms with van der Waals surface area (Å²) in [4.78, 5) is 4.06. The van der Waals surface area contributed by atoms with Crippen molar-refractivity contribution in [3.63, 3.8) is 0 Å². The lowest BCUT2D eigenvalue weighted by Crippen LogP contribution is -2.38. The van der Waals surface area contributed by atoms with Gasteiger partial charge in [-0.15, -0.1) is 0 Å². The minimum atomic E-state index is 0.428. The highest BCUT2D eigenvalue weighted by Gasteiger charge is 2.19. The summed E-state index contributed by atoms with van der Waals surface area (Å²) >= 11 is 0. The van der Waals surface area contributed by atoms with E-state index in [1.165, 1.54) is 12.8 Å². The van der Waals surface area contributed by atoms with Gasteiger partial charge in [0.25, 0.3) is 0 Å². The summed E-state index contributed by atoms with van der Waals surface area (Å²) in [5.74, 6) is 0.666. The molecule has 90 valence electrons. The number of nitriles is 1. The first-order chi connectivity index (χ1) is 8.29. The lowest BCUT2D eigenvalue weighted by atomic mass is 9.93. The molecule has 0 aromatic carbocycles. The zero-order chi connectivity index (χ0) is 12.1. The van der Waals surface area contributed by atoms with Crippen molar-refractivity contribution in [3.05, 3.63) is 24.0 Å². The summed E-state index contributed by atoms with van der Waals surface area (Å²) < 4.78 is 0. The fourth-order valence-electron chi connectivity index (χ4n) is 2.23. The van der Waals surface area contributed by atoms with Crippen molar-refractivity contribution in [1.82, 2.24) is 10.3 Å². The molecule has 2 atom stereocenters. The van der Waals surface area contributed by atoms with E-state index in [1.807, 2.05) is 12.1 Å². The van der Waals surface area contributed by atoms with Gasteiger partial charge in [-0.2, -0.15) is 5.26 Å². The second-order valence-corrected chi connectivity index (χ2v) is 4.58. The van der Waals surface area contributed by atoms with Crippen LogP contribution in [0.4, 0.5) is 5.69 Å². The van der Waals surface area contributed by atoms with Crippen molar-refractivity contribution in [2.45, 2.75) is 25.8 Å². The van der Waals surface area contributed by atoms with Gasteiger partial charge < -0.3 is 10.6 Å². The molecule has 1 aromatic heterocycles.